The number of ether oxygens (including phenoxy) is 2. The molecule has 6 rings (SSSR count). The van der Waals surface area contributed by atoms with Gasteiger partial charge in [-0.3, -0.25) is 4.40 Å². The number of nitrogen functional groups attached to an aromatic ring is 1. The van der Waals surface area contributed by atoms with Gasteiger partial charge in [-0.25, -0.2) is 19.3 Å². The van der Waals surface area contributed by atoms with Crippen LogP contribution in [0.25, 0.3) is 16.8 Å². The highest BCUT2D eigenvalue weighted by Crippen LogP contribution is 2.38. The van der Waals surface area contributed by atoms with E-state index in [0.717, 1.165) is 44.7 Å². The summed E-state index contributed by atoms with van der Waals surface area (Å²) in [6.45, 7) is 0.279. The second kappa shape index (κ2) is 10.6. The Morgan fingerprint density at radius 1 is 0.974 bits per heavy atom. The van der Waals surface area contributed by atoms with Crippen LogP contribution in [0.5, 0.6) is 17.2 Å². The van der Waals surface area contributed by atoms with Crippen LogP contribution in [0, 0.1) is 9.52 Å². The maximum Gasteiger partial charge on any atom is 0.150 e. The molecule has 38 heavy (non-hydrogen) atoms. The first-order chi connectivity index (χ1) is 18.5. The van der Waals surface area contributed by atoms with Crippen LogP contribution in [0.1, 0.15) is 43.0 Å². The Bertz CT molecular complexity index is 1580. The molecule has 0 saturated heterocycles. The molecule has 1 aliphatic rings. The minimum atomic E-state index is -0.443. The molecule has 7 nitrogen and oxygen atoms in total. The standard InChI is InChI=1S/C29H25FIN5O2/c30-21-13-23(37-17-18-5-10-25(31)34-16-18)15-24(14-21)38-22-8-6-19(7-9-22)26-27-28(32)33-11-12-36(27)29(35-26)20-3-1-2-4-20/h5-16,20H,1-4,17H2,(H2,32,33). The number of nitrogens with two attached hydrogens (primary N) is 1. The molecule has 0 amide bonds. The lowest BCUT2D eigenvalue weighted by Gasteiger charge is -2.10. The fourth-order valence-electron chi connectivity index (χ4n) is 4.92. The molecule has 0 aliphatic heterocycles. The van der Waals surface area contributed by atoms with Crippen molar-refractivity contribution < 1.29 is 13.9 Å². The van der Waals surface area contributed by atoms with Crippen LogP contribution in [-0.4, -0.2) is 19.4 Å². The molecule has 3 aromatic heterocycles. The lowest BCUT2D eigenvalue weighted by atomic mass is 10.1. The molecule has 0 unspecified atom stereocenters. The molecular formula is C29H25FIN5O2. The summed E-state index contributed by atoms with van der Waals surface area (Å²) in [6, 6.07) is 15.7. The number of rotatable bonds is 7. The first-order valence-electron chi connectivity index (χ1n) is 12.5. The van der Waals surface area contributed by atoms with Crippen LogP contribution in [0.15, 0.2) is 73.2 Å². The van der Waals surface area contributed by atoms with Gasteiger partial charge in [-0.05, 0) is 65.8 Å². The fraction of sp³-hybridized carbons (Fsp3) is 0.207. The fourth-order valence-corrected chi connectivity index (χ4v) is 5.23. The summed E-state index contributed by atoms with van der Waals surface area (Å²) in [4.78, 5) is 13.6. The van der Waals surface area contributed by atoms with Crippen molar-refractivity contribution in [3.63, 3.8) is 0 Å². The van der Waals surface area contributed by atoms with Gasteiger partial charge in [0.2, 0.25) is 0 Å². The average Bonchev–Trinajstić information content (AvgIpc) is 3.58. The molecule has 1 fully saturated rings. The van der Waals surface area contributed by atoms with Crippen molar-refractivity contribution in [3.05, 3.63) is 94.1 Å². The van der Waals surface area contributed by atoms with Gasteiger partial charge < -0.3 is 15.2 Å². The second-order valence-corrected chi connectivity index (χ2v) is 10.5. The predicted octanol–water partition coefficient (Wildman–Crippen LogP) is 7.15. The van der Waals surface area contributed by atoms with Crippen LogP contribution in [-0.2, 0) is 6.61 Å². The molecule has 2 aromatic carbocycles. The largest absolute Gasteiger partial charge is 0.489 e. The van der Waals surface area contributed by atoms with Gasteiger partial charge in [0.1, 0.15) is 56.2 Å². The summed E-state index contributed by atoms with van der Waals surface area (Å²) in [5.41, 5.74) is 9.71. The molecule has 1 aliphatic carbocycles. The first kappa shape index (κ1) is 24.6. The van der Waals surface area contributed by atoms with E-state index in [-0.39, 0.29) is 6.61 Å². The topological polar surface area (TPSA) is 87.6 Å². The third-order valence-electron chi connectivity index (χ3n) is 6.73. The van der Waals surface area contributed by atoms with Crippen molar-refractivity contribution in [1.29, 1.82) is 0 Å². The van der Waals surface area contributed by atoms with Crippen molar-refractivity contribution in [1.82, 2.24) is 19.4 Å². The van der Waals surface area contributed by atoms with E-state index in [1.807, 2.05) is 42.6 Å². The lowest BCUT2D eigenvalue weighted by Crippen LogP contribution is -2.01. The minimum absolute atomic E-state index is 0.279. The van der Waals surface area contributed by atoms with Gasteiger partial charge in [0.15, 0.2) is 0 Å². The molecule has 0 bridgehead atoms. The number of pyridine rings is 1. The molecule has 2 N–H and O–H groups in total. The third kappa shape index (κ3) is 5.15. The van der Waals surface area contributed by atoms with Gasteiger partial charge in [0.05, 0.1) is 0 Å². The molecule has 3 heterocycles. The zero-order valence-corrected chi connectivity index (χ0v) is 22.6. The number of anilines is 1. The summed E-state index contributed by atoms with van der Waals surface area (Å²) >= 11 is 2.14. The Hall–Kier alpha value is -3.73. The summed E-state index contributed by atoms with van der Waals surface area (Å²) in [5, 5.41) is 0. The van der Waals surface area contributed by atoms with E-state index in [4.69, 9.17) is 20.2 Å². The number of aromatic nitrogens is 4. The Balaban J connectivity index is 1.22. The quantitative estimate of drug-likeness (QED) is 0.154. The highest BCUT2D eigenvalue weighted by Gasteiger charge is 2.25. The van der Waals surface area contributed by atoms with E-state index >= 15 is 0 Å². The zero-order chi connectivity index (χ0) is 26.1. The smallest absolute Gasteiger partial charge is 0.150 e. The number of imidazole rings is 1. The van der Waals surface area contributed by atoms with Gasteiger partial charge in [0.25, 0.3) is 0 Å². The van der Waals surface area contributed by atoms with E-state index in [1.165, 1.54) is 25.0 Å². The summed E-state index contributed by atoms with van der Waals surface area (Å²) < 4.78 is 29.0. The summed E-state index contributed by atoms with van der Waals surface area (Å²) in [7, 11) is 0. The van der Waals surface area contributed by atoms with Crippen molar-refractivity contribution in [2.24, 2.45) is 0 Å². The zero-order valence-electron chi connectivity index (χ0n) is 20.5. The molecule has 192 valence electrons. The second-order valence-electron chi connectivity index (χ2n) is 9.36. The lowest BCUT2D eigenvalue weighted by molar-refractivity contribution is 0.302. The molecule has 0 spiro atoms. The molecular weight excluding hydrogens is 596 g/mol. The van der Waals surface area contributed by atoms with Crippen molar-refractivity contribution in [2.45, 2.75) is 38.2 Å². The van der Waals surface area contributed by atoms with Gasteiger partial charge in [-0.15, -0.1) is 0 Å². The number of nitrogens with zero attached hydrogens (tertiary/aromatic N) is 4. The molecule has 5 aromatic rings. The number of hydrogen-bond donors (Lipinski definition) is 1. The van der Waals surface area contributed by atoms with E-state index in [9.17, 15) is 4.39 Å². The van der Waals surface area contributed by atoms with Crippen molar-refractivity contribution in [3.8, 4) is 28.5 Å². The molecule has 0 atom stereocenters. The average molecular weight is 621 g/mol. The van der Waals surface area contributed by atoms with Crippen LogP contribution in [0.3, 0.4) is 0 Å². The Morgan fingerprint density at radius 2 is 1.76 bits per heavy atom. The predicted molar refractivity (Wildman–Crippen MR) is 152 cm³/mol. The molecule has 0 radical (unpaired) electrons. The first-order valence-corrected chi connectivity index (χ1v) is 13.6. The Morgan fingerprint density at radius 3 is 2.53 bits per heavy atom. The Labute approximate surface area is 233 Å². The van der Waals surface area contributed by atoms with E-state index < -0.39 is 5.82 Å². The third-order valence-corrected chi connectivity index (χ3v) is 7.37. The van der Waals surface area contributed by atoms with Gasteiger partial charge in [0, 0.05) is 53.8 Å². The highest BCUT2D eigenvalue weighted by molar-refractivity contribution is 14.1. The van der Waals surface area contributed by atoms with Crippen molar-refractivity contribution >= 4 is 33.9 Å². The number of hydrogen-bond acceptors (Lipinski definition) is 6. The molecule has 9 heteroatoms. The van der Waals surface area contributed by atoms with E-state index in [2.05, 4.69) is 37.0 Å². The van der Waals surface area contributed by atoms with Crippen LogP contribution in [0.4, 0.5) is 10.2 Å². The SMILES string of the molecule is Nc1nccn2c(C3CCCC3)nc(-c3ccc(Oc4cc(F)cc(OCc5ccc(I)nc5)c4)cc3)c12. The maximum absolute atomic E-state index is 14.3. The van der Waals surface area contributed by atoms with Gasteiger partial charge in [-0.2, -0.15) is 0 Å². The summed E-state index contributed by atoms with van der Waals surface area (Å²) in [6.07, 6.45) is 10.1. The van der Waals surface area contributed by atoms with Crippen LogP contribution < -0.4 is 15.2 Å². The van der Waals surface area contributed by atoms with Gasteiger partial charge >= 0.3 is 0 Å². The van der Waals surface area contributed by atoms with Crippen LogP contribution in [0.2, 0.25) is 0 Å². The number of fused-ring (bicyclic) bond motifs is 1. The normalized spacial score (nSPS) is 13.7. The maximum atomic E-state index is 14.3. The number of halogens is 2. The monoisotopic (exact) mass is 621 g/mol. The van der Waals surface area contributed by atoms with Crippen LogP contribution >= 0.6 is 22.6 Å². The van der Waals surface area contributed by atoms with Crippen molar-refractivity contribution in [2.75, 3.05) is 5.73 Å². The summed E-state index contributed by atoms with van der Waals surface area (Å²) in [5.74, 6) is 2.76. The van der Waals surface area contributed by atoms with E-state index in [0.29, 0.717) is 29.0 Å². The van der Waals surface area contributed by atoms with E-state index in [1.54, 1.807) is 18.5 Å². The number of benzene rings is 2. The molecule has 1 saturated carbocycles. The van der Waals surface area contributed by atoms with Gasteiger partial charge in [-0.1, -0.05) is 18.9 Å². The highest BCUT2D eigenvalue weighted by atomic mass is 127. The minimum Gasteiger partial charge on any atom is -0.489 e. The Kier molecular flexibility index (Phi) is 6.84.